The molecule has 2 nitrogen and oxygen atoms in total. The van der Waals surface area contributed by atoms with Gasteiger partial charge in [-0.1, -0.05) is 32.0 Å². The molecule has 0 aliphatic heterocycles. The summed E-state index contributed by atoms with van der Waals surface area (Å²) in [4.78, 5) is 10.2. The number of rotatable bonds is 5. The van der Waals surface area contributed by atoms with E-state index in [0.29, 0.717) is 5.92 Å². The molecule has 0 aromatic heterocycles. The number of carbonyl (C=O) groups is 1. The fourth-order valence-corrected chi connectivity index (χ4v) is 1.36. The summed E-state index contributed by atoms with van der Waals surface area (Å²) < 4.78 is 5.34. The topological polar surface area (TPSA) is 26.3 Å². The predicted octanol–water partition coefficient (Wildman–Crippen LogP) is 2.78. The van der Waals surface area contributed by atoms with Gasteiger partial charge in [-0.2, -0.15) is 0 Å². The van der Waals surface area contributed by atoms with Gasteiger partial charge in [0.1, 0.15) is 12.4 Å². The Balaban J connectivity index is 2.84. The van der Waals surface area contributed by atoms with Crippen LogP contribution in [-0.2, 0) is 4.79 Å². The largest absolute Gasteiger partial charge is 0.486 e. The van der Waals surface area contributed by atoms with E-state index in [1.165, 1.54) is 5.56 Å². The Morgan fingerprint density at radius 1 is 1.43 bits per heavy atom. The van der Waals surface area contributed by atoms with Crippen LogP contribution >= 0.6 is 0 Å². The van der Waals surface area contributed by atoms with E-state index in [2.05, 4.69) is 13.8 Å². The van der Waals surface area contributed by atoms with Crippen molar-refractivity contribution >= 4 is 6.29 Å². The summed E-state index contributed by atoms with van der Waals surface area (Å²) in [5.41, 5.74) is 1.18. The van der Waals surface area contributed by atoms with Gasteiger partial charge in [-0.3, -0.25) is 4.79 Å². The first kappa shape index (κ1) is 10.8. The number of hydrogen-bond donors (Lipinski definition) is 0. The molecule has 0 bridgehead atoms. The van der Waals surface area contributed by atoms with Crippen molar-refractivity contribution in [1.82, 2.24) is 0 Å². The van der Waals surface area contributed by atoms with Crippen LogP contribution in [0.2, 0.25) is 0 Å². The molecule has 1 rings (SSSR count). The molecule has 2 heteroatoms. The van der Waals surface area contributed by atoms with E-state index < -0.39 is 0 Å². The number of aldehydes is 1. The van der Waals surface area contributed by atoms with Crippen LogP contribution in [0.4, 0.5) is 0 Å². The van der Waals surface area contributed by atoms with Crippen molar-refractivity contribution in [3.63, 3.8) is 0 Å². The van der Waals surface area contributed by atoms with Crippen LogP contribution in [0, 0.1) is 0 Å². The first-order valence-electron chi connectivity index (χ1n) is 4.95. The van der Waals surface area contributed by atoms with E-state index in [0.717, 1.165) is 18.5 Å². The van der Waals surface area contributed by atoms with Gasteiger partial charge in [-0.05, 0) is 24.0 Å². The summed E-state index contributed by atoms with van der Waals surface area (Å²) in [5.74, 6) is 1.30. The average Bonchev–Trinajstić information content (AvgIpc) is 2.25. The van der Waals surface area contributed by atoms with Gasteiger partial charge in [0.2, 0.25) is 0 Å². The first-order chi connectivity index (χ1) is 6.79. The van der Waals surface area contributed by atoms with Crippen LogP contribution in [0.5, 0.6) is 5.75 Å². The van der Waals surface area contributed by atoms with E-state index in [1.54, 1.807) is 0 Å². The molecule has 0 aliphatic carbocycles. The molecule has 0 aliphatic rings. The quantitative estimate of drug-likeness (QED) is 0.670. The van der Waals surface area contributed by atoms with E-state index in [4.69, 9.17) is 4.74 Å². The van der Waals surface area contributed by atoms with Gasteiger partial charge in [0, 0.05) is 0 Å². The molecule has 0 radical (unpaired) electrons. The second-order valence-electron chi connectivity index (χ2n) is 3.32. The van der Waals surface area contributed by atoms with E-state index in [-0.39, 0.29) is 6.61 Å². The highest BCUT2D eigenvalue weighted by atomic mass is 16.5. The minimum absolute atomic E-state index is 0.132. The average molecular weight is 192 g/mol. The van der Waals surface area contributed by atoms with Crippen LogP contribution in [0.1, 0.15) is 31.7 Å². The van der Waals surface area contributed by atoms with Crippen molar-refractivity contribution in [2.45, 2.75) is 26.2 Å². The van der Waals surface area contributed by atoms with Crippen LogP contribution in [0.25, 0.3) is 0 Å². The highest BCUT2D eigenvalue weighted by molar-refractivity contribution is 5.52. The number of carbonyl (C=O) groups excluding carboxylic acids is 1. The number of para-hydroxylation sites is 1. The van der Waals surface area contributed by atoms with Gasteiger partial charge in [-0.15, -0.1) is 0 Å². The zero-order valence-electron chi connectivity index (χ0n) is 8.69. The first-order valence-corrected chi connectivity index (χ1v) is 4.95. The van der Waals surface area contributed by atoms with Gasteiger partial charge in [0.25, 0.3) is 0 Å². The minimum Gasteiger partial charge on any atom is -0.486 e. The molecule has 1 aromatic carbocycles. The highest BCUT2D eigenvalue weighted by Crippen LogP contribution is 2.28. The molecular weight excluding hydrogens is 176 g/mol. The molecule has 0 saturated carbocycles. The van der Waals surface area contributed by atoms with Crippen molar-refractivity contribution < 1.29 is 9.53 Å². The lowest BCUT2D eigenvalue weighted by Gasteiger charge is -2.14. The maximum atomic E-state index is 10.2. The molecule has 1 atom stereocenters. The summed E-state index contributed by atoms with van der Waals surface area (Å²) in [6.07, 6.45) is 1.84. The summed E-state index contributed by atoms with van der Waals surface area (Å²) in [6.45, 7) is 4.43. The van der Waals surface area contributed by atoms with E-state index in [1.807, 2.05) is 24.3 Å². The van der Waals surface area contributed by atoms with Crippen LogP contribution in [0.3, 0.4) is 0 Å². The van der Waals surface area contributed by atoms with Gasteiger partial charge >= 0.3 is 0 Å². The lowest BCUT2D eigenvalue weighted by atomic mass is 9.98. The lowest BCUT2D eigenvalue weighted by Crippen LogP contribution is -2.02. The molecule has 0 spiro atoms. The fourth-order valence-electron chi connectivity index (χ4n) is 1.36. The standard InChI is InChI=1S/C12H16O2/c1-3-10(2)11-6-4-5-7-12(11)14-9-8-13/h4-8,10H,3,9H2,1-2H3. The summed E-state index contributed by atoms with van der Waals surface area (Å²) in [5, 5.41) is 0. The predicted molar refractivity (Wildman–Crippen MR) is 56.7 cm³/mol. The van der Waals surface area contributed by atoms with Crippen LogP contribution in [0.15, 0.2) is 24.3 Å². The molecule has 0 amide bonds. The van der Waals surface area contributed by atoms with Crippen molar-refractivity contribution in [2.75, 3.05) is 6.61 Å². The van der Waals surface area contributed by atoms with Crippen molar-refractivity contribution in [3.05, 3.63) is 29.8 Å². The third kappa shape index (κ3) is 2.59. The Hall–Kier alpha value is -1.31. The Morgan fingerprint density at radius 3 is 2.79 bits per heavy atom. The lowest BCUT2D eigenvalue weighted by molar-refractivity contribution is -0.109. The Bertz CT molecular complexity index is 294. The summed E-state index contributed by atoms with van der Waals surface area (Å²) in [7, 11) is 0. The van der Waals surface area contributed by atoms with Crippen molar-refractivity contribution in [1.29, 1.82) is 0 Å². The fraction of sp³-hybridized carbons (Fsp3) is 0.417. The summed E-state index contributed by atoms with van der Waals surface area (Å²) in [6, 6.07) is 7.88. The molecule has 76 valence electrons. The third-order valence-corrected chi connectivity index (χ3v) is 2.37. The molecule has 14 heavy (non-hydrogen) atoms. The van der Waals surface area contributed by atoms with Gasteiger partial charge in [-0.25, -0.2) is 0 Å². The van der Waals surface area contributed by atoms with E-state index in [9.17, 15) is 4.79 Å². The highest BCUT2D eigenvalue weighted by Gasteiger charge is 2.08. The third-order valence-electron chi connectivity index (χ3n) is 2.37. The minimum atomic E-state index is 0.132. The number of benzene rings is 1. The van der Waals surface area contributed by atoms with Crippen molar-refractivity contribution in [3.8, 4) is 5.75 Å². The van der Waals surface area contributed by atoms with Gasteiger partial charge in [0.05, 0.1) is 0 Å². The smallest absolute Gasteiger partial charge is 0.157 e. The zero-order valence-corrected chi connectivity index (χ0v) is 8.69. The molecule has 0 saturated heterocycles. The number of hydrogen-bond acceptors (Lipinski definition) is 2. The van der Waals surface area contributed by atoms with Gasteiger partial charge in [0.15, 0.2) is 6.29 Å². The van der Waals surface area contributed by atoms with Crippen molar-refractivity contribution in [2.24, 2.45) is 0 Å². The maximum absolute atomic E-state index is 10.2. The molecular formula is C12H16O2. The molecule has 0 heterocycles. The Kier molecular flexibility index (Phi) is 4.17. The molecule has 0 fully saturated rings. The second kappa shape index (κ2) is 5.43. The zero-order chi connectivity index (χ0) is 10.4. The monoisotopic (exact) mass is 192 g/mol. The van der Waals surface area contributed by atoms with Gasteiger partial charge < -0.3 is 4.74 Å². The Labute approximate surface area is 84.9 Å². The number of ether oxygens (including phenoxy) is 1. The van der Waals surface area contributed by atoms with E-state index >= 15 is 0 Å². The normalized spacial score (nSPS) is 12.1. The maximum Gasteiger partial charge on any atom is 0.157 e. The molecule has 1 aromatic rings. The van der Waals surface area contributed by atoms with Crippen LogP contribution in [-0.4, -0.2) is 12.9 Å². The SMILES string of the molecule is CCC(C)c1ccccc1OCC=O. The molecule has 1 unspecified atom stereocenters. The van der Waals surface area contributed by atoms with Crippen LogP contribution < -0.4 is 4.74 Å². The molecule has 0 N–H and O–H groups in total. The second-order valence-corrected chi connectivity index (χ2v) is 3.32. The Morgan fingerprint density at radius 2 is 2.14 bits per heavy atom. The summed E-state index contributed by atoms with van der Waals surface area (Å²) >= 11 is 0.